The molecule has 0 amide bonds. The summed E-state index contributed by atoms with van der Waals surface area (Å²) >= 11 is 0.978. The third kappa shape index (κ3) is 1.88. The van der Waals surface area contributed by atoms with Crippen molar-refractivity contribution in [1.29, 1.82) is 0 Å². The van der Waals surface area contributed by atoms with Crippen molar-refractivity contribution in [2.24, 2.45) is 0 Å². The molecule has 0 saturated carbocycles. The van der Waals surface area contributed by atoms with Crippen molar-refractivity contribution in [3.8, 4) is 0 Å². The normalized spacial score (nSPS) is 10.6. The average Bonchev–Trinajstić information content (AvgIpc) is 2.26. The van der Waals surface area contributed by atoms with Crippen molar-refractivity contribution in [3.63, 3.8) is 0 Å². The monoisotopic (exact) mass is 208 g/mol. The quantitative estimate of drug-likeness (QED) is 0.477. The molecule has 0 aliphatic heterocycles. The molecule has 4 heteroatoms. The Morgan fingerprint density at radius 2 is 1.79 bits per heavy atom. The molecule has 0 radical (unpaired) electrons. The van der Waals surface area contributed by atoms with Crippen molar-refractivity contribution in [1.82, 2.24) is 0 Å². The lowest BCUT2D eigenvalue weighted by Gasteiger charge is -2.02. The van der Waals surface area contributed by atoms with Crippen LogP contribution in [0.4, 0.5) is 0 Å². The van der Waals surface area contributed by atoms with E-state index in [0.717, 1.165) is 27.7 Å². The summed E-state index contributed by atoms with van der Waals surface area (Å²) in [5, 5.41) is 13.8. The van der Waals surface area contributed by atoms with E-state index in [0.29, 0.717) is 0 Å². The van der Waals surface area contributed by atoms with E-state index in [1.54, 1.807) is 0 Å². The number of fused-ring (bicyclic) bond motifs is 1. The van der Waals surface area contributed by atoms with Gasteiger partial charge < -0.3 is 0 Å². The lowest BCUT2D eigenvalue weighted by Crippen LogP contribution is -1.80. The van der Waals surface area contributed by atoms with Gasteiger partial charge in [-0.3, -0.25) is 0 Å². The van der Waals surface area contributed by atoms with E-state index in [2.05, 4.69) is 9.37 Å². The minimum atomic E-state index is 0.900. The van der Waals surface area contributed by atoms with Gasteiger partial charge in [0.2, 0.25) is 0 Å². The summed E-state index contributed by atoms with van der Waals surface area (Å²) in [6, 6.07) is 13.8. The summed E-state index contributed by atoms with van der Waals surface area (Å²) in [5.74, 6) is 0. The van der Waals surface area contributed by atoms with Crippen LogP contribution in [-0.4, -0.2) is 5.26 Å². The van der Waals surface area contributed by atoms with E-state index in [1.807, 2.05) is 42.5 Å². The summed E-state index contributed by atoms with van der Waals surface area (Å²) < 4.78 is 4.40. The first kappa shape index (κ1) is 9.48. The molecular formula is C10H8O3S. The zero-order chi connectivity index (χ0) is 9.80. The molecule has 0 aromatic heterocycles. The highest BCUT2D eigenvalue weighted by Gasteiger charge is 2.01. The smallest absolute Gasteiger partial charge is 0.0720 e. The van der Waals surface area contributed by atoms with E-state index in [1.165, 1.54) is 0 Å². The van der Waals surface area contributed by atoms with Gasteiger partial charge in [0.1, 0.15) is 0 Å². The van der Waals surface area contributed by atoms with Crippen molar-refractivity contribution < 1.29 is 14.6 Å². The van der Waals surface area contributed by atoms with Crippen molar-refractivity contribution in [2.75, 3.05) is 0 Å². The molecule has 2 aromatic rings. The fraction of sp³-hybridized carbons (Fsp3) is 0. The Labute approximate surface area is 85.3 Å². The van der Waals surface area contributed by atoms with Crippen LogP contribution in [0.1, 0.15) is 0 Å². The van der Waals surface area contributed by atoms with Crippen LogP contribution in [0.2, 0.25) is 0 Å². The molecule has 0 aliphatic rings. The molecule has 0 heterocycles. The molecule has 14 heavy (non-hydrogen) atoms. The fourth-order valence-corrected chi connectivity index (χ4v) is 1.83. The molecule has 0 fully saturated rings. The Morgan fingerprint density at radius 1 is 1.00 bits per heavy atom. The van der Waals surface area contributed by atoms with Gasteiger partial charge >= 0.3 is 0 Å². The van der Waals surface area contributed by atoms with Crippen molar-refractivity contribution in [2.45, 2.75) is 4.90 Å². The first-order valence-electron chi connectivity index (χ1n) is 4.04. The van der Waals surface area contributed by atoms with Crippen molar-refractivity contribution in [3.05, 3.63) is 42.5 Å². The molecule has 2 rings (SSSR count). The SMILES string of the molecule is OOOSc1cccc2ccccc12. The molecule has 0 unspecified atom stereocenters. The maximum Gasteiger partial charge on any atom is 0.0720 e. The number of benzene rings is 2. The number of rotatable bonds is 3. The lowest BCUT2D eigenvalue weighted by molar-refractivity contribution is -0.432. The van der Waals surface area contributed by atoms with E-state index < -0.39 is 0 Å². The summed E-state index contributed by atoms with van der Waals surface area (Å²) in [4.78, 5) is 0.900. The summed E-state index contributed by atoms with van der Waals surface area (Å²) in [7, 11) is 0. The standard InChI is InChI=1S/C10H8O3S/c11-12-13-14-10-7-3-5-8-4-1-2-6-9(8)10/h1-7,11H. The number of hydrogen-bond acceptors (Lipinski definition) is 4. The van der Waals surface area contributed by atoms with Crippen LogP contribution in [0.15, 0.2) is 47.4 Å². The minimum absolute atomic E-state index is 0.900. The van der Waals surface area contributed by atoms with E-state index in [9.17, 15) is 0 Å². The first-order valence-corrected chi connectivity index (χ1v) is 4.78. The van der Waals surface area contributed by atoms with E-state index in [-0.39, 0.29) is 0 Å². The summed E-state index contributed by atoms with van der Waals surface area (Å²) in [5.41, 5.74) is 0. The fourth-order valence-electron chi connectivity index (χ4n) is 1.32. The average molecular weight is 208 g/mol. The summed E-state index contributed by atoms with van der Waals surface area (Å²) in [6.45, 7) is 0. The first-order chi connectivity index (χ1) is 6.92. The largest absolute Gasteiger partial charge is 0.220 e. The lowest BCUT2D eigenvalue weighted by atomic mass is 10.1. The van der Waals surface area contributed by atoms with Crippen LogP contribution in [-0.2, 0) is 9.37 Å². The molecule has 2 aromatic carbocycles. The van der Waals surface area contributed by atoms with Gasteiger partial charge in [0.15, 0.2) is 0 Å². The molecular weight excluding hydrogens is 200 g/mol. The third-order valence-corrected chi connectivity index (χ3v) is 2.57. The highest BCUT2D eigenvalue weighted by Crippen LogP contribution is 2.28. The van der Waals surface area contributed by atoms with Gasteiger partial charge in [-0.25, -0.2) is 5.26 Å². The zero-order valence-electron chi connectivity index (χ0n) is 7.21. The molecule has 1 N–H and O–H groups in total. The topological polar surface area (TPSA) is 38.7 Å². The summed E-state index contributed by atoms with van der Waals surface area (Å²) in [6.07, 6.45) is 0. The highest BCUT2D eigenvalue weighted by molar-refractivity contribution is 7.94. The van der Waals surface area contributed by atoms with E-state index >= 15 is 0 Å². The molecule has 72 valence electrons. The second-order valence-electron chi connectivity index (χ2n) is 2.70. The molecule has 0 atom stereocenters. The predicted octanol–water partition coefficient (Wildman–Crippen LogP) is 3.27. The Balaban J connectivity index is 2.43. The van der Waals surface area contributed by atoms with E-state index in [4.69, 9.17) is 5.26 Å². The maximum atomic E-state index is 8.06. The van der Waals surface area contributed by atoms with Crippen LogP contribution in [0.5, 0.6) is 0 Å². The van der Waals surface area contributed by atoms with Crippen LogP contribution >= 0.6 is 12.0 Å². The van der Waals surface area contributed by atoms with Gasteiger partial charge in [0.25, 0.3) is 0 Å². The molecule has 0 saturated heterocycles. The molecule has 0 spiro atoms. The molecule has 0 aliphatic carbocycles. The van der Waals surface area contributed by atoms with Gasteiger partial charge in [-0.05, 0) is 16.8 Å². The van der Waals surface area contributed by atoms with Crippen LogP contribution in [0.25, 0.3) is 10.8 Å². The Morgan fingerprint density at radius 3 is 2.64 bits per heavy atom. The zero-order valence-corrected chi connectivity index (χ0v) is 8.03. The minimum Gasteiger partial charge on any atom is -0.220 e. The Kier molecular flexibility index (Phi) is 3.00. The van der Waals surface area contributed by atoms with Gasteiger partial charge in [-0.1, -0.05) is 41.4 Å². The Hall–Kier alpha value is -1.07. The third-order valence-electron chi connectivity index (χ3n) is 1.90. The Bertz CT molecular complexity index is 425. The molecule has 0 bridgehead atoms. The van der Waals surface area contributed by atoms with Crippen LogP contribution in [0, 0.1) is 0 Å². The van der Waals surface area contributed by atoms with Gasteiger partial charge in [-0.15, -0.1) is 4.33 Å². The van der Waals surface area contributed by atoms with Gasteiger partial charge in [0.05, 0.1) is 12.0 Å². The number of hydrogen-bond donors (Lipinski definition) is 1. The van der Waals surface area contributed by atoms with Crippen LogP contribution in [0.3, 0.4) is 0 Å². The van der Waals surface area contributed by atoms with Crippen molar-refractivity contribution >= 4 is 22.8 Å². The van der Waals surface area contributed by atoms with Gasteiger partial charge in [0, 0.05) is 4.90 Å². The maximum absolute atomic E-state index is 8.06. The second kappa shape index (κ2) is 4.43. The van der Waals surface area contributed by atoms with Gasteiger partial charge in [-0.2, -0.15) is 0 Å². The second-order valence-corrected chi connectivity index (χ2v) is 3.45. The molecule has 3 nitrogen and oxygen atoms in total. The highest BCUT2D eigenvalue weighted by atomic mass is 32.2. The predicted molar refractivity (Wildman–Crippen MR) is 54.6 cm³/mol. The van der Waals surface area contributed by atoms with Crippen LogP contribution < -0.4 is 0 Å².